The number of rotatable bonds is 4. The smallest absolute Gasteiger partial charge is 0.230 e. The Bertz CT molecular complexity index is 432. The zero-order valence-corrected chi connectivity index (χ0v) is 13.5. The van der Waals surface area contributed by atoms with Crippen molar-refractivity contribution >= 4 is 33.6 Å². The monoisotopic (exact) mass is 331 g/mol. The Hall–Kier alpha value is -0.620. The Morgan fingerprint density at radius 3 is 2.67 bits per heavy atom. The summed E-state index contributed by atoms with van der Waals surface area (Å²) < 4.78 is 0.751. The van der Waals surface area contributed by atoms with Crippen molar-refractivity contribution in [2.24, 2.45) is 0 Å². The van der Waals surface area contributed by atoms with Crippen molar-refractivity contribution in [3.8, 4) is 0 Å². The molecule has 0 saturated carbocycles. The first-order valence-electron chi connectivity index (χ1n) is 5.77. The Morgan fingerprint density at radius 1 is 1.44 bits per heavy atom. The molecular formula is C12H18BrN3OS. The van der Waals surface area contributed by atoms with Gasteiger partial charge in [-0.15, -0.1) is 0 Å². The van der Waals surface area contributed by atoms with Gasteiger partial charge in [0.25, 0.3) is 0 Å². The van der Waals surface area contributed by atoms with Crippen LogP contribution in [0.2, 0.25) is 0 Å². The van der Waals surface area contributed by atoms with Crippen LogP contribution in [-0.2, 0) is 10.2 Å². The van der Waals surface area contributed by atoms with Gasteiger partial charge < -0.3 is 5.32 Å². The van der Waals surface area contributed by atoms with Crippen LogP contribution < -0.4 is 5.32 Å². The molecule has 1 heterocycles. The van der Waals surface area contributed by atoms with Gasteiger partial charge >= 0.3 is 0 Å². The molecular weight excluding hydrogens is 314 g/mol. The lowest BCUT2D eigenvalue weighted by molar-refractivity contribution is -0.118. The summed E-state index contributed by atoms with van der Waals surface area (Å²) in [4.78, 5) is 20.2. The van der Waals surface area contributed by atoms with Crippen molar-refractivity contribution in [1.29, 1.82) is 0 Å². The fourth-order valence-electron chi connectivity index (χ4n) is 1.19. The molecule has 0 aliphatic heterocycles. The summed E-state index contributed by atoms with van der Waals surface area (Å²) >= 11 is 4.80. The number of hydrogen-bond acceptors (Lipinski definition) is 4. The SMILES string of the molecule is CCNC(=O)CSc1cc(Br)nc(C(C)(C)C)n1. The quantitative estimate of drug-likeness (QED) is 0.680. The van der Waals surface area contributed by atoms with Gasteiger partial charge in [0.05, 0.1) is 5.75 Å². The molecule has 0 saturated heterocycles. The van der Waals surface area contributed by atoms with E-state index in [4.69, 9.17) is 0 Å². The maximum atomic E-state index is 11.4. The molecule has 1 amide bonds. The number of aromatic nitrogens is 2. The van der Waals surface area contributed by atoms with Gasteiger partial charge in [-0.3, -0.25) is 4.79 Å². The number of carbonyl (C=O) groups excluding carboxylic acids is 1. The Labute approximate surface area is 120 Å². The lowest BCUT2D eigenvalue weighted by Gasteiger charge is -2.17. The fourth-order valence-corrected chi connectivity index (χ4v) is 2.46. The highest BCUT2D eigenvalue weighted by molar-refractivity contribution is 9.10. The third-order valence-corrected chi connectivity index (χ3v) is 3.38. The van der Waals surface area contributed by atoms with Gasteiger partial charge in [0.2, 0.25) is 5.91 Å². The first-order chi connectivity index (χ1) is 8.32. The van der Waals surface area contributed by atoms with E-state index in [9.17, 15) is 4.79 Å². The molecule has 0 aromatic carbocycles. The lowest BCUT2D eigenvalue weighted by atomic mass is 9.96. The molecule has 0 bridgehead atoms. The maximum absolute atomic E-state index is 11.4. The van der Waals surface area contributed by atoms with Crippen molar-refractivity contribution < 1.29 is 4.79 Å². The van der Waals surface area contributed by atoms with E-state index >= 15 is 0 Å². The van der Waals surface area contributed by atoms with Gasteiger partial charge in [0.1, 0.15) is 15.5 Å². The van der Waals surface area contributed by atoms with Gasteiger partial charge in [0.15, 0.2) is 0 Å². The van der Waals surface area contributed by atoms with Gasteiger partial charge in [-0.1, -0.05) is 32.5 Å². The van der Waals surface area contributed by atoms with E-state index in [1.54, 1.807) is 0 Å². The van der Waals surface area contributed by atoms with Gasteiger partial charge in [-0.05, 0) is 22.9 Å². The van der Waals surface area contributed by atoms with E-state index < -0.39 is 0 Å². The summed E-state index contributed by atoms with van der Waals surface area (Å²) in [6.45, 7) is 8.74. The average Bonchev–Trinajstić information content (AvgIpc) is 2.25. The number of nitrogens with one attached hydrogen (secondary N) is 1. The van der Waals surface area contributed by atoms with Crippen molar-refractivity contribution in [1.82, 2.24) is 15.3 Å². The van der Waals surface area contributed by atoms with Gasteiger partial charge in [0, 0.05) is 18.0 Å². The molecule has 0 unspecified atom stereocenters. The highest BCUT2D eigenvalue weighted by atomic mass is 79.9. The van der Waals surface area contributed by atoms with Crippen LogP contribution in [0.1, 0.15) is 33.5 Å². The van der Waals surface area contributed by atoms with Crippen LogP contribution in [0.15, 0.2) is 15.7 Å². The minimum atomic E-state index is -0.106. The molecule has 1 aromatic heterocycles. The van der Waals surface area contributed by atoms with Crippen molar-refractivity contribution in [2.45, 2.75) is 38.1 Å². The highest BCUT2D eigenvalue weighted by Gasteiger charge is 2.19. The number of hydrogen-bond donors (Lipinski definition) is 1. The summed E-state index contributed by atoms with van der Waals surface area (Å²) in [6, 6.07) is 1.83. The first-order valence-corrected chi connectivity index (χ1v) is 7.55. The summed E-state index contributed by atoms with van der Waals surface area (Å²) in [7, 11) is 0. The molecule has 0 aliphatic rings. The second-order valence-electron chi connectivity index (χ2n) is 4.84. The van der Waals surface area contributed by atoms with Crippen LogP contribution in [0.5, 0.6) is 0 Å². The molecule has 0 fully saturated rings. The zero-order chi connectivity index (χ0) is 13.8. The van der Waals surface area contributed by atoms with Gasteiger partial charge in [-0.2, -0.15) is 0 Å². The van der Waals surface area contributed by atoms with Crippen LogP contribution >= 0.6 is 27.7 Å². The van der Waals surface area contributed by atoms with Gasteiger partial charge in [-0.25, -0.2) is 9.97 Å². The van der Waals surface area contributed by atoms with Crippen LogP contribution in [-0.4, -0.2) is 28.2 Å². The normalized spacial score (nSPS) is 11.4. The standard InChI is InChI=1S/C12H18BrN3OS/c1-5-14-9(17)7-18-10-6-8(13)15-11(16-10)12(2,3)4/h6H,5,7H2,1-4H3,(H,14,17). The maximum Gasteiger partial charge on any atom is 0.230 e. The summed E-state index contributed by atoms with van der Waals surface area (Å²) in [5, 5.41) is 3.57. The summed E-state index contributed by atoms with van der Waals surface area (Å²) in [5.74, 6) is 1.17. The second kappa shape index (κ2) is 6.52. The van der Waals surface area contributed by atoms with Crippen molar-refractivity contribution in [3.05, 3.63) is 16.5 Å². The molecule has 1 aromatic rings. The predicted octanol–water partition coefficient (Wildman–Crippen LogP) is 2.76. The average molecular weight is 332 g/mol. The molecule has 0 atom stereocenters. The molecule has 1 rings (SSSR count). The molecule has 0 aliphatic carbocycles. The minimum Gasteiger partial charge on any atom is -0.356 e. The molecule has 18 heavy (non-hydrogen) atoms. The third kappa shape index (κ3) is 4.94. The molecule has 4 nitrogen and oxygen atoms in total. The molecule has 0 radical (unpaired) electrons. The van der Waals surface area contributed by atoms with Crippen LogP contribution in [0.3, 0.4) is 0 Å². The Kier molecular flexibility index (Phi) is 5.59. The van der Waals surface area contributed by atoms with Crippen LogP contribution in [0.4, 0.5) is 0 Å². The lowest BCUT2D eigenvalue weighted by Crippen LogP contribution is -2.24. The second-order valence-corrected chi connectivity index (χ2v) is 6.65. The minimum absolute atomic E-state index is 0.0227. The fraction of sp³-hybridized carbons (Fsp3) is 0.583. The van der Waals surface area contributed by atoms with E-state index in [-0.39, 0.29) is 11.3 Å². The Balaban J connectivity index is 2.78. The van der Waals surface area contributed by atoms with Crippen molar-refractivity contribution in [3.63, 3.8) is 0 Å². The summed E-state index contributed by atoms with van der Waals surface area (Å²) in [5.41, 5.74) is -0.106. The summed E-state index contributed by atoms with van der Waals surface area (Å²) in [6.07, 6.45) is 0. The molecule has 1 N–H and O–H groups in total. The van der Waals surface area contributed by atoms with Crippen LogP contribution in [0.25, 0.3) is 0 Å². The van der Waals surface area contributed by atoms with E-state index in [0.29, 0.717) is 12.3 Å². The zero-order valence-electron chi connectivity index (χ0n) is 11.1. The molecule has 100 valence electrons. The van der Waals surface area contributed by atoms with Crippen molar-refractivity contribution in [2.75, 3.05) is 12.3 Å². The topological polar surface area (TPSA) is 54.9 Å². The number of carbonyl (C=O) groups is 1. The molecule has 6 heteroatoms. The largest absolute Gasteiger partial charge is 0.356 e. The van der Waals surface area contributed by atoms with Crippen LogP contribution in [0, 0.1) is 0 Å². The van der Waals surface area contributed by atoms with E-state index in [2.05, 4.69) is 52.0 Å². The number of amides is 1. The Morgan fingerprint density at radius 2 is 2.11 bits per heavy atom. The third-order valence-electron chi connectivity index (χ3n) is 2.07. The van der Waals surface area contributed by atoms with E-state index in [1.165, 1.54) is 11.8 Å². The highest BCUT2D eigenvalue weighted by Crippen LogP contribution is 2.24. The number of halogens is 1. The predicted molar refractivity (Wildman–Crippen MR) is 77.8 cm³/mol. The number of nitrogens with zero attached hydrogens (tertiary/aromatic N) is 2. The molecule has 0 spiro atoms. The van der Waals surface area contributed by atoms with E-state index in [0.717, 1.165) is 15.5 Å². The van der Waals surface area contributed by atoms with E-state index in [1.807, 2.05) is 13.0 Å². The number of thioether (sulfide) groups is 1. The first kappa shape index (κ1) is 15.4.